The molecule has 1 rings (SSSR count). The van der Waals surface area contributed by atoms with Crippen molar-refractivity contribution in [3.05, 3.63) is 29.3 Å². The fraction of sp³-hybridized carbons (Fsp3) is 0.588. The third kappa shape index (κ3) is 5.38. The SMILES string of the molecule is CNC(C)(CCCCOc1cc(C)cc(C)c1)C(=O)OC. The maximum Gasteiger partial charge on any atom is 0.325 e. The van der Waals surface area contributed by atoms with E-state index in [0.717, 1.165) is 25.0 Å². The van der Waals surface area contributed by atoms with E-state index in [4.69, 9.17) is 9.47 Å². The summed E-state index contributed by atoms with van der Waals surface area (Å²) in [5.74, 6) is 0.692. The van der Waals surface area contributed by atoms with Crippen LogP contribution in [-0.2, 0) is 9.53 Å². The number of aryl methyl sites for hydroxylation is 2. The topological polar surface area (TPSA) is 47.6 Å². The predicted molar refractivity (Wildman–Crippen MR) is 84.7 cm³/mol. The molecule has 1 unspecified atom stereocenters. The fourth-order valence-electron chi connectivity index (χ4n) is 2.34. The third-order valence-electron chi connectivity index (χ3n) is 3.72. The van der Waals surface area contributed by atoms with E-state index in [-0.39, 0.29) is 5.97 Å². The Hall–Kier alpha value is -1.55. The van der Waals surface area contributed by atoms with Crippen molar-refractivity contribution >= 4 is 5.97 Å². The molecule has 0 aromatic heterocycles. The lowest BCUT2D eigenvalue weighted by atomic mass is 9.95. The Labute approximate surface area is 127 Å². The second kappa shape index (κ2) is 8.03. The number of carbonyl (C=O) groups excluding carboxylic acids is 1. The molecule has 0 heterocycles. The summed E-state index contributed by atoms with van der Waals surface area (Å²) < 4.78 is 10.6. The van der Waals surface area contributed by atoms with Crippen LogP contribution in [0.25, 0.3) is 0 Å². The second-order valence-corrected chi connectivity index (χ2v) is 5.70. The standard InChI is InChI=1S/C17H27NO3/c1-13-10-14(2)12-15(11-13)21-9-7-6-8-17(3,18-4)16(19)20-5/h10-12,18H,6-9H2,1-5H3. The van der Waals surface area contributed by atoms with Crippen LogP contribution in [0.2, 0.25) is 0 Å². The molecule has 1 atom stereocenters. The first-order valence-electron chi connectivity index (χ1n) is 7.39. The quantitative estimate of drug-likeness (QED) is 0.591. The Morgan fingerprint density at radius 3 is 2.33 bits per heavy atom. The first-order chi connectivity index (χ1) is 9.91. The van der Waals surface area contributed by atoms with Gasteiger partial charge in [-0.2, -0.15) is 0 Å². The van der Waals surface area contributed by atoms with E-state index in [1.165, 1.54) is 18.2 Å². The van der Waals surface area contributed by atoms with Crippen molar-refractivity contribution in [1.29, 1.82) is 0 Å². The van der Waals surface area contributed by atoms with Gasteiger partial charge in [-0.05, 0) is 70.3 Å². The highest BCUT2D eigenvalue weighted by Gasteiger charge is 2.31. The molecule has 1 N–H and O–H groups in total. The maximum absolute atomic E-state index is 11.7. The van der Waals surface area contributed by atoms with Crippen LogP contribution in [0.3, 0.4) is 0 Å². The zero-order chi connectivity index (χ0) is 15.9. The Morgan fingerprint density at radius 1 is 1.19 bits per heavy atom. The van der Waals surface area contributed by atoms with Gasteiger partial charge in [0.2, 0.25) is 0 Å². The van der Waals surface area contributed by atoms with Crippen molar-refractivity contribution in [3.63, 3.8) is 0 Å². The van der Waals surface area contributed by atoms with Gasteiger partial charge in [-0.3, -0.25) is 4.79 Å². The maximum atomic E-state index is 11.7. The van der Waals surface area contributed by atoms with Gasteiger partial charge < -0.3 is 14.8 Å². The van der Waals surface area contributed by atoms with E-state index in [1.807, 2.05) is 19.1 Å². The molecule has 1 aromatic rings. The molecule has 0 aliphatic rings. The number of benzene rings is 1. The molecule has 0 fully saturated rings. The first-order valence-corrected chi connectivity index (χ1v) is 7.39. The largest absolute Gasteiger partial charge is 0.494 e. The number of hydrogen-bond acceptors (Lipinski definition) is 4. The number of methoxy groups -OCH3 is 1. The highest BCUT2D eigenvalue weighted by molar-refractivity contribution is 5.80. The summed E-state index contributed by atoms with van der Waals surface area (Å²) in [6.07, 6.45) is 2.53. The number of likely N-dealkylation sites (N-methyl/N-ethyl adjacent to an activating group) is 1. The molecule has 118 valence electrons. The van der Waals surface area contributed by atoms with E-state index >= 15 is 0 Å². The van der Waals surface area contributed by atoms with Gasteiger partial charge in [0.1, 0.15) is 11.3 Å². The summed E-state index contributed by atoms with van der Waals surface area (Å²) in [6, 6.07) is 6.21. The average Bonchev–Trinajstić information content (AvgIpc) is 2.44. The molecular weight excluding hydrogens is 266 g/mol. The Bertz CT molecular complexity index is 453. The molecule has 0 radical (unpaired) electrons. The van der Waals surface area contributed by atoms with Gasteiger partial charge in [-0.1, -0.05) is 6.07 Å². The number of hydrogen-bond donors (Lipinski definition) is 1. The van der Waals surface area contributed by atoms with Gasteiger partial charge in [-0.25, -0.2) is 0 Å². The molecule has 0 aliphatic heterocycles. The van der Waals surface area contributed by atoms with E-state index < -0.39 is 5.54 Å². The van der Waals surface area contributed by atoms with E-state index in [2.05, 4.69) is 25.2 Å². The van der Waals surface area contributed by atoms with Gasteiger partial charge in [0.05, 0.1) is 13.7 Å². The number of unbranched alkanes of at least 4 members (excludes halogenated alkanes) is 1. The molecule has 1 aromatic carbocycles. The monoisotopic (exact) mass is 293 g/mol. The van der Waals surface area contributed by atoms with Gasteiger partial charge in [0.25, 0.3) is 0 Å². The summed E-state index contributed by atoms with van der Waals surface area (Å²) in [5.41, 5.74) is 1.80. The average molecular weight is 293 g/mol. The minimum absolute atomic E-state index is 0.222. The summed E-state index contributed by atoms with van der Waals surface area (Å²) in [6.45, 7) is 6.65. The highest BCUT2D eigenvalue weighted by Crippen LogP contribution is 2.18. The molecule has 0 bridgehead atoms. The van der Waals surface area contributed by atoms with Crippen LogP contribution in [-0.4, -0.2) is 32.3 Å². The van der Waals surface area contributed by atoms with Crippen molar-refractivity contribution in [2.75, 3.05) is 20.8 Å². The van der Waals surface area contributed by atoms with Crippen molar-refractivity contribution < 1.29 is 14.3 Å². The van der Waals surface area contributed by atoms with E-state index in [9.17, 15) is 4.79 Å². The lowest BCUT2D eigenvalue weighted by Gasteiger charge is -2.25. The summed E-state index contributed by atoms with van der Waals surface area (Å²) >= 11 is 0. The Kier molecular flexibility index (Phi) is 6.69. The summed E-state index contributed by atoms with van der Waals surface area (Å²) in [5, 5.41) is 3.04. The van der Waals surface area contributed by atoms with Crippen LogP contribution in [0, 0.1) is 13.8 Å². The normalized spacial score (nSPS) is 13.6. The van der Waals surface area contributed by atoms with Gasteiger partial charge >= 0.3 is 5.97 Å². The number of esters is 1. The summed E-state index contributed by atoms with van der Waals surface area (Å²) in [4.78, 5) is 11.7. The third-order valence-corrected chi connectivity index (χ3v) is 3.72. The zero-order valence-corrected chi connectivity index (χ0v) is 13.8. The number of carbonyl (C=O) groups is 1. The van der Waals surface area contributed by atoms with Crippen LogP contribution < -0.4 is 10.1 Å². The van der Waals surface area contributed by atoms with Gasteiger partial charge in [0, 0.05) is 0 Å². The minimum atomic E-state index is -0.616. The predicted octanol–water partition coefficient (Wildman–Crippen LogP) is 3.00. The highest BCUT2D eigenvalue weighted by atomic mass is 16.5. The van der Waals surface area contributed by atoms with Crippen LogP contribution in [0.4, 0.5) is 0 Å². The molecule has 0 spiro atoms. The number of nitrogens with one attached hydrogen (secondary N) is 1. The second-order valence-electron chi connectivity index (χ2n) is 5.70. The van der Waals surface area contributed by atoms with Crippen LogP contribution in [0.15, 0.2) is 18.2 Å². The van der Waals surface area contributed by atoms with Crippen molar-refractivity contribution in [1.82, 2.24) is 5.32 Å². The van der Waals surface area contributed by atoms with Crippen molar-refractivity contribution in [3.8, 4) is 5.75 Å². The molecule has 4 heteroatoms. The Balaban J connectivity index is 2.35. The molecular formula is C17H27NO3. The number of rotatable bonds is 8. The smallest absolute Gasteiger partial charge is 0.325 e. The van der Waals surface area contributed by atoms with E-state index in [0.29, 0.717) is 6.61 Å². The molecule has 0 saturated heterocycles. The van der Waals surface area contributed by atoms with Gasteiger partial charge in [-0.15, -0.1) is 0 Å². The van der Waals surface area contributed by atoms with Crippen LogP contribution in [0.1, 0.15) is 37.3 Å². The molecule has 0 saturated carbocycles. The number of ether oxygens (including phenoxy) is 2. The van der Waals surface area contributed by atoms with Crippen LogP contribution in [0.5, 0.6) is 5.75 Å². The molecule has 0 amide bonds. The summed E-state index contributed by atoms with van der Waals surface area (Å²) in [7, 11) is 3.20. The van der Waals surface area contributed by atoms with Crippen molar-refractivity contribution in [2.45, 2.75) is 45.6 Å². The lowest BCUT2D eigenvalue weighted by Crippen LogP contribution is -2.48. The molecule has 4 nitrogen and oxygen atoms in total. The van der Waals surface area contributed by atoms with Gasteiger partial charge in [0.15, 0.2) is 0 Å². The fourth-order valence-corrected chi connectivity index (χ4v) is 2.34. The van der Waals surface area contributed by atoms with E-state index in [1.54, 1.807) is 7.05 Å². The first kappa shape index (κ1) is 17.5. The molecule has 0 aliphatic carbocycles. The zero-order valence-electron chi connectivity index (χ0n) is 13.8. The lowest BCUT2D eigenvalue weighted by molar-refractivity contribution is -0.148. The molecule has 21 heavy (non-hydrogen) atoms. The Morgan fingerprint density at radius 2 is 1.81 bits per heavy atom. The minimum Gasteiger partial charge on any atom is -0.494 e. The van der Waals surface area contributed by atoms with Crippen LogP contribution >= 0.6 is 0 Å². The van der Waals surface area contributed by atoms with Crippen molar-refractivity contribution in [2.24, 2.45) is 0 Å².